The molecule has 1 N–H and O–H groups in total. The van der Waals surface area contributed by atoms with Crippen LogP contribution in [-0.2, 0) is 6.54 Å². The van der Waals surface area contributed by atoms with Crippen LogP contribution < -0.4 is 5.32 Å². The first-order valence-electron chi connectivity index (χ1n) is 6.51. The normalized spacial score (nSPS) is 14.5. The maximum absolute atomic E-state index is 6.34. The number of rotatable bonds is 3. The summed E-state index contributed by atoms with van der Waals surface area (Å²) in [7, 11) is 2.03. The van der Waals surface area contributed by atoms with E-state index in [1.54, 1.807) is 12.5 Å². The van der Waals surface area contributed by atoms with Crippen molar-refractivity contribution in [1.29, 1.82) is 0 Å². The van der Waals surface area contributed by atoms with Crippen LogP contribution in [0.4, 0.5) is 0 Å². The number of halogens is 1. The van der Waals surface area contributed by atoms with E-state index in [-0.39, 0.29) is 0 Å². The van der Waals surface area contributed by atoms with Gasteiger partial charge in [-0.1, -0.05) is 17.7 Å². The summed E-state index contributed by atoms with van der Waals surface area (Å²) in [4.78, 5) is 10.6. The molecule has 1 aromatic heterocycles. The van der Waals surface area contributed by atoms with Crippen LogP contribution in [-0.4, -0.2) is 40.5 Å². The number of likely N-dealkylation sites (N-methyl/N-ethyl adjacent to an activating group) is 1. The number of benzene rings is 1. The van der Waals surface area contributed by atoms with Crippen molar-refractivity contribution >= 4 is 17.6 Å². The van der Waals surface area contributed by atoms with E-state index >= 15 is 0 Å². The van der Waals surface area contributed by atoms with Gasteiger partial charge in [0.25, 0.3) is 0 Å². The van der Waals surface area contributed by atoms with Crippen molar-refractivity contribution in [1.82, 2.24) is 19.8 Å². The lowest BCUT2D eigenvalue weighted by Gasteiger charge is -2.17. The van der Waals surface area contributed by atoms with Gasteiger partial charge in [-0.05, 0) is 12.1 Å². The average Bonchev–Trinajstić information content (AvgIpc) is 3.09. The third kappa shape index (κ3) is 2.49. The third-order valence-electron chi connectivity index (χ3n) is 3.36. The second-order valence-corrected chi connectivity index (χ2v) is 5.10. The molecule has 2 heterocycles. The maximum atomic E-state index is 6.34. The van der Waals surface area contributed by atoms with E-state index < -0.39 is 0 Å². The van der Waals surface area contributed by atoms with Crippen molar-refractivity contribution in [2.45, 2.75) is 6.54 Å². The second kappa shape index (κ2) is 5.54. The van der Waals surface area contributed by atoms with Crippen LogP contribution in [0.15, 0.2) is 41.9 Å². The molecule has 2 aromatic rings. The lowest BCUT2D eigenvalue weighted by atomic mass is 10.1. The van der Waals surface area contributed by atoms with E-state index in [1.807, 2.05) is 36.0 Å². The highest BCUT2D eigenvalue weighted by Gasteiger charge is 2.14. The predicted octanol–water partition coefficient (Wildman–Crippen LogP) is 1.92. The maximum Gasteiger partial charge on any atom is 0.194 e. The van der Waals surface area contributed by atoms with Gasteiger partial charge in [0.15, 0.2) is 5.96 Å². The molecule has 0 bridgehead atoms. The number of nitrogens with zero attached hydrogens (tertiary/aromatic N) is 4. The summed E-state index contributed by atoms with van der Waals surface area (Å²) in [6, 6.07) is 5.88. The number of hydrogen-bond donors (Lipinski definition) is 1. The van der Waals surface area contributed by atoms with Gasteiger partial charge in [-0.2, -0.15) is 0 Å². The number of guanidine groups is 1. The highest BCUT2D eigenvalue weighted by atomic mass is 35.5. The fraction of sp³-hybridized carbons (Fsp3) is 0.286. The van der Waals surface area contributed by atoms with Gasteiger partial charge >= 0.3 is 0 Å². The molecule has 0 aliphatic carbocycles. The lowest BCUT2D eigenvalue weighted by Crippen LogP contribution is -2.35. The van der Waals surface area contributed by atoms with Crippen molar-refractivity contribution in [2.75, 3.05) is 20.1 Å². The van der Waals surface area contributed by atoms with Gasteiger partial charge in [0.2, 0.25) is 0 Å². The lowest BCUT2D eigenvalue weighted by molar-refractivity contribution is 0.534. The molecule has 6 heteroatoms. The summed E-state index contributed by atoms with van der Waals surface area (Å²) in [6.45, 7) is 2.44. The summed E-state index contributed by atoms with van der Waals surface area (Å²) in [5.41, 5.74) is 2.07. The molecule has 0 amide bonds. The van der Waals surface area contributed by atoms with E-state index in [1.165, 1.54) is 0 Å². The molecule has 20 heavy (non-hydrogen) atoms. The zero-order valence-electron chi connectivity index (χ0n) is 11.3. The van der Waals surface area contributed by atoms with E-state index in [4.69, 9.17) is 11.6 Å². The molecule has 104 valence electrons. The first-order chi connectivity index (χ1) is 9.75. The fourth-order valence-electron chi connectivity index (χ4n) is 2.26. The Morgan fingerprint density at radius 2 is 2.30 bits per heavy atom. The molecular weight excluding hydrogens is 274 g/mol. The third-order valence-corrected chi connectivity index (χ3v) is 3.71. The zero-order valence-corrected chi connectivity index (χ0v) is 12.0. The average molecular weight is 290 g/mol. The van der Waals surface area contributed by atoms with E-state index in [0.717, 1.165) is 35.3 Å². The molecular formula is C14H16ClN5. The molecule has 1 aliphatic rings. The standard InChI is InChI=1S/C14H16ClN5/c1-19-7-6-17-14(19)18-9-11-12(15)3-2-4-13(11)20-8-5-16-10-20/h2-5,8,10H,6-7,9H2,1H3,(H,17,18). The summed E-state index contributed by atoms with van der Waals surface area (Å²) >= 11 is 6.34. The molecule has 1 aliphatic heterocycles. The molecule has 3 rings (SSSR count). The number of hydrogen-bond acceptors (Lipinski definition) is 4. The number of aliphatic imine (C=N–C) groups is 1. The van der Waals surface area contributed by atoms with Gasteiger partial charge < -0.3 is 14.8 Å². The highest BCUT2D eigenvalue weighted by molar-refractivity contribution is 6.31. The Kier molecular flexibility index (Phi) is 3.60. The Morgan fingerprint density at radius 1 is 1.40 bits per heavy atom. The molecule has 0 saturated carbocycles. The van der Waals surface area contributed by atoms with E-state index in [9.17, 15) is 0 Å². The predicted molar refractivity (Wildman–Crippen MR) is 80.3 cm³/mol. The quantitative estimate of drug-likeness (QED) is 0.939. The second-order valence-electron chi connectivity index (χ2n) is 4.69. The molecule has 1 aromatic carbocycles. The molecule has 0 fully saturated rings. The molecule has 0 radical (unpaired) electrons. The van der Waals surface area contributed by atoms with Crippen molar-refractivity contribution in [3.8, 4) is 5.69 Å². The van der Waals surface area contributed by atoms with Crippen LogP contribution in [0.5, 0.6) is 0 Å². The first-order valence-corrected chi connectivity index (χ1v) is 6.88. The fourth-order valence-corrected chi connectivity index (χ4v) is 2.49. The number of imidazole rings is 1. The minimum absolute atomic E-state index is 0.635. The summed E-state index contributed by atoms with van der Waals surface area (Å²) < 4.78 is 1.96. The molecule has 5 nitrogen and oxygen atoms in total. The van der Waals surface area contributed by atoms with Gasteiger partial charge in [0.1, 0.15) is 0 Å². The van der Waals surface area contributed by atoms with Crippen molar-refractivity contribution in [3.05, 3.63) is 47.5 Å². The first kappa shape index (κ1) is 13.0. The van der Waals surface area contributed by atoms with Crippen molar-refractivity contribution in [3.63, 3.8) is 0 Å². The van der Waals surface area contributed by atoms with E-state index in [0.29, 0.717) is 6.54 Å². The smallest absolute Gasteiger partial charge is 0.194 e. The summed E-state index contributed by atoms with van der Waals surface area (Å²) in [5.74, 6) is 0.918. The van der Waals surface area contributed by atoms with E-state index in [2.05, 4.69) is 20.2 Å². The Balaban J connectivity index is 1.85. The van der Waals surface area contributed by atoms with Crippen molar-refractivity contribution in [2.24, 2.45) is 4.99 Å². The largest absolute Gasteiger partial charge is 0.352 e. The number of nitrogens with one attached hydrogen (secondary N) is 1. The Bertz CT molecular complexity index is 620. The Labute approximate surface area is 122 Å². The Morgan fingerprint density at radius 3 is 3.00 bits per heavy atom. The van der Waals surface area contributed by atoms with Crippen LogP contribution in [0.2, 0.25) is 5.02 Å². The van der Waals surface area contributed by atoms with Crippen molar-refractivity contribution < 1.29 is 0 Å². The Hall–Kier alpha value is -2.01. The van der Waals surface area contributed by atoms with Gasteiger partial charge in [0.05, 0.1) is 18.6 Å². The highest BCUT2D eigenvalue weighted by Crippen LogP contribution is 2.23. The van der Waals surface area contributed by atoms with Gasteiger partial charge in [-0.3, -0.25) is 4.99 Å². The number of aromatic nitrogens is 2. The molecule has 0 spiro atoms. The molecule has 0 saturated heterocycles. The van der Waals surface area contributed by atoms with Crippen LogP contribution >= 0.6 is 11.6 Å². The molecule has 0 unspecified atom stereocenters. The topological polar surface area (TPSA) is 45.5 Å². The summed E-state index contributed by atoms with van der Waals surface area (Å²) in [5, 5.41) is 4.09. The zero-order chi connectivity index (χ0) is 13.9. The summed E-state index contributed by atoms with van der Waals surface area (Å²) in [6.07, 6.45) is 5.44. The van der Waals surface area contributed by atoms with Gasteiger partial charge in [-0.25, -0.2) is 4.98 Å². The van der Waals surface area contributed by atoms with Crippen LogP contribution in [0, 0.1) is 0 Å². The monoisotopic (exact) mass is 289 g/mol. The van der Waals surface area contributed by atoms with Crippen LogP contribution in [0.25, 0.3) is 5.69 Å². The van der Waals surface area contributed by atoms with Gasteiger partial charge in [-0.15, -0.1) is 0 Å². The van der Waals surface area contributed by atoms with Crippen LogP contribution in [0.1, 0.15) is 5.56 Å². The van der Waals surface area contributed by atoms with Gasteiger partial charge in [0, 0.05) is 43.1 Å². The molecule has 0 atom stereocenters. The minimum Gasteiger partial charge on any atom is -0.352 e. The van der Waals surface area contributed by atoms with Crippen LogP contribution in [0.3, 0.4) is 0 Å². The SMILES string of the molecule is CN1CCN=C1NCc1c(Cl)cccc1-n1ccnc1. The minimum atomic E-state index is 0.635.